The third-order valence-electron chi connectivity index (χ3n) is 9.83. The molecule has 6 heteroatoms. The molecular weight excluding hydrogens is 464 g/mol. The zero-order chi connectivity index (χ0) is 25.2. The van der Waals surface area contributed by atoms with E-state index in [1.54, 1.807) is 36.4 Å². The molecule has 3 saturated carbocycles. The minimum atomic E-state index is -1.41. The number of carbonyl (C=O) groups is 3. The van der Waals surface area contributed by atoms with E-state index in [0.717, 1.165) is 18.4 Å². The number of rotatable bonds is 4. The Morgan fingerprint density at radius 2 is 1.91 bits per heavy atom. The predicted molar refractivity (Wildman–Crippen MR) is 133 cm³/mol. The second-order valence-electron chi connectivity index (χ2n) is 11.4. The van der Waals surface area contributed by atoms with Crippen molar-refractivity contribution in [1.82, 2.24) is 0 Å². The third-order valence-corrected chi connectivity index (χ3v) is 10.1. The van der Waals surface area contributed by atoms with E-state index in [9.17, 15) is 19.5 Å². The summed E-state index contributed by atoms with van der Waals surface area (Å²) in [6.07, 6.45) is 7.26. The van der Waals surface area contributed by atoms with Crippen LogP contribution in [-0.4, -0.2) is 40.2 Å². The van der Waals surface area contributed by atoms with Crippen LogP contribution in [-0.2, 0) is 14.3 Å². The molecule has 1 N–H and O–H groups in total. The molecule has 1 aromatic rings. The van der Waals surface area contributed by atoms with Crippen molar-refractivity contribution in [3.8, 4) is 0 Å². The molecule has 4 aliphatic carbocycles. The first-order valence-electron chi connectivity index (χ1n) is 12.6. The molecule has 0 amide bonds. The Morgan fingerprint density at radius 1 is 1.20 bits per heavy atom. The summed E-state index contributed by atoms with van der Waals surface area (Å²) in [7, 11) is 0. The molecule has 5 rings (SSSR count). The van der Waals surface area contributed by atoms with Gasteiger partial charge in [0.15, 0.2) is 17.2 Å². The molecule has 0 heterocycles. The van der Waals surface area contributed by atoms with Crippen LogP contribution in [0.4, 0.5) is 0 Å². The Bertz CT molecular complexity index is 1130. The number of halogens is 1. The molecule has 35 heavy (non-hydrogen) atoms. The van der Waals surface area contributed by atoms with Crippen molar-refractivity contribution in [3.05, 3.63) is 59.7 Å². The van der Waals surface area contributed by atoms with E-state index in [0.29, 0.717) is 18.4 Å². The Balaban J connectivity index is 1.57. The fraction of sp³-hybridized carbons (Fsp3) is 0.552. The molecule has 0 unspecified atom stereocenters. The fourth-order valence-corrected chi connectivity index (χ4v) is 8.59. The SMILES string of the molecule is C[C@H]1C[C@H]2[C@@H]3CCC4=CC(=O)C=C[C@]4(C)[C@@H]3[C@@H](O)C[C@]2(C)[C@@]1(OC(=O)c1ccccc1)C(=O)CCl. The summed E-state index contributed by atoms with van der Waals surface area (Å²) in [5.41, 5.74) is -1.09. The van der Waals surface area contributed by atoms with E-state index in [-0.39, 0.29) is 41.1 Å². The van der Waals surface area contributed by atoms with Gasteiger partial charge in [-0.05, 0) is 61.8 Å². The van der Waals surface area contributed by atoms with Crippen LogP contribution >= 0.6 is 11.6 Å². The van der Waals surface area contributed by atoms with E-state index in [1.807, 2.05) is 26.0 Å². The van der Waals surface area contributed by atoms with Gasteiger partial charge in [-0.15, -0.1) is 11.6 Å². The maximum Gasteiger partial charge on any atom is 0.339 e. The number of allylic oxidation sites excluding steroid dienone is 4. The van der Waals surface area contributed by atoms with Gasteiger partial charge >= 0.3 is 5.97 Å². The number of benzene rings is 1. The van der Waals surface area contributed by atoms with E-state index >= 15 is 0 Å². The summed E-state index contributed by atoms with van der Waals surface area (Å²) in [6.45, 7) is 6.11. The molecule has 0 bridgehead atoms. The standard InChI is InChI=1S/C29H33ClO5/c1-17-13-22-21-10-9-19-14-20(31)11-12-27(19,2)25(21)23(32)15-28(22,3)29(17,24(33)16-30)35-26(34)18-7-5-4-6-8-18/h4-8,11-12,14,17,21-23,25,32H,9-10,13,15-16H2,1-3H3/t17-,21-,22-,23-,25-,27-,28-,29-/m0/s1. The number of aliphatic hydroxyl groups excluding tert-OH is 1. The topological polar surface area (TPSA) is 80.7 Å². The zero-order valence-electron chi connectivity index (χ0n) is 20.5. The summed E-state index contributed by atoms with van der Waals surface area (Å²) in [5.74, 6) is -1.19. The minimum absolute atomic E-state index is 0.0000941. The lowest BCUT2D eigenvalue weighted by Gasteiger charge is -2.60. The number of esters is 1. The van der Waals surface area contributed by atoms with Gasteiger partial charge < -0.3 is 9.84 Å². The number of ether oxygens (including phenoxy) is 1. The van der Waals surface area contributed by atoms with Crippen LogP contribution in [0.1, 0.15) is 56.8 Å². The van der Waals surface area contributed by atoms with Gasteiger partial charge in [0.25, 0.3) is 0 Å². The average molecular weight is 497 g/mol. The molecule has 0 radical (unpaired) electrons. The fourth-order valence-electron chi connectivity index (χ4n) is 8.39. The summed E-state index contributed by atoms with van der Waals surface area (Å²) in [4.78, 5) is 39.0. The van der Waals surface area contributed by atoms with Crippen molar-refractivity contribution >= 4 is 29.1 Å². The van der Waals surface area contributed by atoms with E-state index in [1.165, 1.54) is 0 Å². The molecule has 0 aromatic heterocycles. The first kappa shape index (κ1) is 24.5. The number of Topliss-reactive ketones (excluding diaryl/α,β-unsaturated/α-hetero) is 1. The lowest BCUT2D eigenvalue weighted by molar-refractivity contribution is -0.181. The van der Waals surface area contributed by atoms with Crippen LogP contribution in [0, 0.1) is 34.5 Å². The average Bonchev–Trinajstić information content (AvgIpc) is 3.06. The van der Waals surface area contributed by atoms with Crippen LogP contribution in [0.15, 0.2) is 54.1 Å². The van der Waals surface area contributed by atoms with Gasteiger partial charge in [0.05, 0.1) is 17.5 Å². The first-order chi connectivity index (χ1) is 16.6. The smallest absolute Gasteiger partial charge is 0.339 e. The van der Waals surface area contributed by atoms with Gasteiger partial charge in [-0.3, -0.25) is 9.59 Å². The van der Waals surface area contributed by atoms with Crippen LogP contribution < -0.4 is 0 Å². The van der Waals surface area contributed by atoms with Gasteiger partial charge in [0.2, 0.25) is 0 Å². The molecule has 8 atom stereocenters. The van der Waals surface area contributed by atoms with Crippen molar-refractivity contribution in [2.24, 2.45) is 34.5 Å². The van der Waals surface area contributed by atoms with E-state index in [2.05, 4.69) is 6.92 Å². The lowest BCUT2D eigenvalue weighted by atomic mass is 9.46. The van der Waals surface area contributed by atoms with Gasteiger partial charge in [-0.2, -0.15) is 0 Å². The maximum atomic E-state index is 13.6. The van der Waals surface area contributed by atoms with Crippen molar-refractivity contribution in [2.75, 3.05) is 5.88 Å². The molecule has 0 saturated heterocycles. The number of aliphatic hydroxyl groups is 1. The first-order valence-corrected chi connectivity index (χ1v) is 13.1. The number of carbonyl (C=O) groups excluding carboxylic acids is 3. The molecule has 3 fully saturated rings. The number of ketones is 2. The predicted octanol–water partition coefficient (Wildman–Crippen LogP) is 4.91. The Labute approximate surface area is 211 Å². The van der Waals surface area contributed by atoms with E-state index in [4.69, 9.17) is 16.3 Å². The highest BCUT2D eigenvalue weighted by atomic mass is 35.5. The number of alkyl halides is 1. The molecule has 5 nitrogen and oxygen atoms in total. The monoisotopic (exact) mass is 496 g/mol. The maximum absolute atomic E-state index is 13.6. The second-order valence-corrected chi connectivity index (χ2v) is 11.7. The van der Waals surface area contributed by atoms with Crippen LogP contribution in [0.2, 0.25) is 0 Å². The molecule has 0 aliphatic heterocycles. The number of hydrogen-bond donors (Lipinski definition) is 1. The minimum Gasteiger partial charge on any atom is -0.447 e. The highest BCUT2D eigenvalue weighted by Gasteiger charge is 2.72. The van der Waals surface area contributed by atoms with Crippen LogP contribution in [0.25, 0.3) is 0 Å². The molecule has 0 spiro atoms. The summed E-state index contributed by atoms with van der Waals surface area (Å²) in [6, 6.07) is 8.71. The van der Waals surface area contributed by atoms with Gasteiger partial charge in [-0.1, -0.05) is 50.6 Å². The molecule has 4 aliphatic rings. The highest BCUT2D eigenvalue weighted by Crippen LogP contribution is 2.69. The zero-order valence-corrected chi connectivity index (χ0v) is 21.3. The largest absolute Gasteiger partial charge is 0.447 e. The van der Waals surface area contributed by atoms with Crippen molar-refractivity contribution in [1.29, 1.82) is 0 Å². The normalized spacial score (nSPS) is 41.9. The lowest BCUT2D eigenvalue weighted by Crippen LogP contribution is -2.64. The van der Waals surface area contributed by atoms with Crippen LogP contribution in [0.3, 0.4) is 0 Å². The van der Waals surface area contributed by atoms with Gasteiger partial charge in [0.1, 0.15) is 0 Å². The quantitative estimate of drug-likeness (QED) is 0.473. The summed E-state index contributed by atoms with van der Waals surface area (Å²) < 4.78 is 6.24. The highest BCUT2D eigenvalue weighted by molar-refractivity contribution is 6.29. The van der Waals surface area contributed by atoms with Crippen molar-refractivity contribution in [3.63, 3.8) is 0 Å². The third kappa shape index (κ3) is 3.34. The molecular formula is C29H33ClO5. The van der Waals surface area contributed by atoms with E-state index < -0.39 is 28.5 Å². The van der Waals surface area contributed by atoms with Crippen molar-refractivity contribution < 1.29 is 24.2 Å². The Morgan fingerprint density at radius 3 is 2.60 bits per heavy atom. The Hall–Kier alpha value is -2.24. The Kier molecular flexibility index (Phi) is 5.88. The number of fused-ring (bicyclic) bond motifs is 5. The van der Waals surface area contributed by atoms with Crippen molar-refractivity contribution in [2.45, 2.75) is 58.2 Å². The molecule has 1 aromatic carbocycles. The second kappa shape index (κ2) is 8.41. The summed E-state index contributed by atoms with van der Waals surface area (Å²) in [5, 5.41) is 11.7. The number of hydrogen-bond acceptors (Lipinski definition) is 5. The molecule has 186 valence electrons. The summed E-state index contributed by atoms with van der Waals surface area (Å²) >= 11 is 6.16. The van der Waals surface area contributed by atoms with Crippen LogP contribution in [0.5, 0.6) is 0 Å². The van der Waals surface area contributed by atoms with Gasteiger partial charge in [-0.25, -0.2) is 4.79 Å². The van der Waals surface area contributed by atoms with Gasteiger partial charge in [0, 0.05) is 22.7 Å².